The van der Waals surface area contributed by atoms with Gasteiger partial charge in [-0.05, 0) is 31.2 Å². The molecule has 0 aliphatic rings. The third kappa shape index (κ3) is 5.44. The van der Waals surface area contributed by atoms with E-state index in [-0.39, 0.29) is 0 Å². The maximum absolute atomic E-state index is 10.6. The lowest BCUT2D eigenvalue weighted by Gasteiger charge is -2.10. The smallest absolute Gasteiger partial charge is 0.328 e. The summed E-state index contributed by atoms with van der Waals surface area (Å²) in [5.74, 6) is 0.225. The van der Waals surface area contributed by atoms with E-state index < -0.39 is 5.97 Å². The second-order valence-electron chi connectivity index (χ2n) is 3.62. The highest BCUT2D eigenvalue weighted by molar-refractivity contribution is 5.86. The first kappa shape index (κ1) is 15.0. The number of carbonyl (C=O) groups is 1. The fraction of sp³-hybridized carbons (Fsp3) is 0.357. The molecule has 0 fully saturated rings. The molecule has 0 aromatic heterocycles. The molecule has 5 nitrogen and oxygen atoms in total. The van der Waals surface area contributed by atoms with Gasteiger partial charge in [-0.3, -0.25) is 0 Å². The average molecular weight is 266 g/mol. The Labute approximate surface area is 112 Å². The SMILES string of the molecule is CCOCCOc1ccc(OC)cc1/C=C/C(=O)O. The van der Waals surface area contributed by atoms with E-state index in [0.29, 0.717) is 36.9 Å². The highest BCUT2D eigenvalue weighted by Gasteiger charge is 2.04. The second-order valence-corrected chi connectivity index (χ2v) is 3.62. The topological polar surface area (TPSA) is 65.0 Å². The normalized spacial score (nSPS) is 10.6. The van der Waals surface area contributed by atoms with Crippen LogP contribution in [-0.2, 0) is 9.53 Å². The first-order valence-electron chi connectivity index (χ1n) is 5.97. The predicted molar refractivity (Wildman–Crippen MR) is 71.7 cm³/mol. The van der Waals surface area contributed by atoms with Crippen LogP contribution in [0.25, 0.3) is 6.08 Å². The minimum atomic E-state index is -1.01. The Kier molecular flexibility index (Phi) is 6.46. The van der Waals surface area contributed by atoms with Crippen LogP contribution < -0.4 is 9.47 Å². The van der Waals surface area contributed by atoms with Crippen LogP contribution in [0.3, 0.4) is 0 Å². The van der Waals surface area contributed by atoms with E-state index in [0.717, 1.165) is 6.08 Å². The molecule has 0 atom stereocenters. The molecule has 0 amide bonds. The van der Waals surface area contributed by atoms with E-state index >= 15 is 0 Å². The minimum Gasteiger partial charge on any atom is -0.497 e. The molecule has 0 saturated carbocycles. The van der Waals surface area contributed by atoms with E-state index in [4.69, 9.17) is 19.3 Å². The second kappa shape index (κ2) is 8.16. The fourth-order valence-corrected chi connectivity index (χ4v) is 1.43. The predicted octanol–water partition coefficient (Wildman–Crippen LogP) is 2.21. The molecule has 0 saturated heterocycles. The van der Waals surface area contributed by atoms with Crippen LogP contribution in [0.15, 0.2) is 24.3 Å². The summed E-state index contributed by atoms with van der Waals surface area (Å²) in [6.07, 6.45) is 2.53. The van der Waals surface area contributed by atoms with Gasteiger partial charge >= 0.3 is 5.97 Å². The van der Waals surface area contributed by atoms with Crippen molar-refractivity contribution in [1.82, 2.24) is 0 Å². The van der Waals surface area contributed by atoms with Crippen molar-refractivity contribution in [2.75, 3.05) is 26.9 Å². The van der Waals surface area contributed by atoms with Crippen LogP contribution in [-0.4, -0.2) is 38.0 Å². The first-order chi connectivity index (χ1) is 9.17. The van der Waals surface area contributed by atoms with Crippen LogP contribution in [0.5, 0.6) is 11.5 Å². The monoisotopic (exact) mass is 266 g/mol. The van der Waals surface area contributed by atoms with Crippen molar-refractivity contribution in [2.45, 2.75) is 6.92 Å². The lowest BCUT2D eigenvalue weighted by atomic mass is 10.1. The largest absolute Gasteiger partial charge is 0.497 e. The van der Waals surface area contributed by atoms with Gasteiger partial charge in [0.15, 0.2) is 0 Å². The zero-order chi connectivity index (χ0) is 14.1. The Balaban J connectivity index is 2.79. The number of benzene rings is 1. The summed E-state index contributed by atoms with van der Waals surface area (Å²) in [7, 11) is 1.55. The van der Waals surface area contributed by atoms with Gasteiger partial charge < -0.3 is 19.3 Å². The van der Waals surface area contributed by atoms with Crippen LogP contribution >= 0.6 is 0 Å². The molecule has 19 heavy (non-hydrogen) atoms. The van der Waals surface area contributed by atoms with Crippen LogP contribution in [0.4, 0.5) is 0 Å². The van der Waals surface area contributed by atoms with E-state index in [1.807, 2.05) is 6.92 Å². The highest BCUT2D eigenvalue weighted by atomic mass is 16.5. The molecule has 0 heterocycles. The first-order valence-corrected chi connectivity index (χ1v) is 5.97. The zero-order valence-electron chi connectivity index (χ0n) is 11.1. The molecule has 104 valence electrons. The van der Waals surface area contributed by atoms with Gasteiger partial charge in [0.1, 0.15) is 18.1 Å². The molecule has 1 aromatic carbocycles. The molecule has 0 aliphatic carbocycles. The number of carboxylic acid groups (broad SMARTS) is 1. The summed E-state index contributed by atoms with van der Waals surface area (Å²) < 4.78 is 15.8. The van der Waals surface area contributed by atoms with Gasteiger partial charge in [-0.15, -0.1) is 0 Å². The van der Waals surface area contributed by atoms with Gasteiger partial charge in [0, 0.05) is 18.2 Å². The van der Waals surface area contributed by atoms with Crippen LogP contribution in [0, 0.1) is 0 Å². The van der Waals surface area contributed by atoms with Crippen molar-refractivity contribution >= 4 is 12.0 Å². The summed E-state index contributed by atoms with van der Waals surface area (Å²) in [5, 5.41) is 8.66. The Bertz CT molecular complexity index is 439. The van der Waals surface area contributed by atoms with Gasteiger partial charge in [0.2, 0.25) is 0 Å². The number of aliphatic carboxylic acids is 1. The quantitative estimate of drug-likeness (QED) is 0.577. The van der Waals surface area contributed by atoms with Gasteiger partial charge in [0.05, 0.1) is 13.7 Å². The van der Waals surface area contributed by atoms with Crippen LogP contribution in [0.2, 0.25) is 0 Å². The summed E-state index contributed by atoms with van der Waals surface area (Å²) in [6, 6.07) is 5.22. The summed E-state index contributed by atoms with van der Waals surface area (Å²) >= 11 is 0. The van der Waals surface area contributed by atoms with E-state index in [1.54, 1.807) is 25.3 Å². The van der Waals surface area contributed by atoms with Crippen molar-refractivity contribution in [3.63, 3.8) is 0 Å². The van der Waals surface area contributed by atoms with Crippen molar-refractivity contribution in [3.05, 3.63) is 29.8 Å². The van der Waals surface area contributed by atoms with Gasteiger partial charge in [-0.1, -0.05) is 0 Å². The number of rotatable bonds is 8. The minimum absolute atomic E-state index is 0.411. The van der Waals surface area contributed by atoms with Crippen LogP contribution in [0.1, 0.15) is 12.5 Å². The Hall–Kier alpha value is -2.01. The molecular formula is C14H18O5. The van der Waals surface area contributed by atoms with E-state index in [2.05, 4.69) is 0 Å². The molecule has 1 aromatic rings. The Morgan fingerprint density at radius 3 is 2.79 bits per heavy atom. The molecule has 0 bridgehead atoms. The Morgan fingerprint density at radius 1 is 1.37 bits per heavy atom. The summed E-state index contributed by atoms with van der Waals surface area (Å²) in [4.78, 5) is 10.6. The van der Waals surface area contributed by atoms with Crippen molar-refractivity contribution < 1.29 is 24.1 Å². The Morgan fingerprint density at radius 2 is 2.16 bits per heavy atom. The van der Waals surface area contributed by atoms with Gasteiger partial charge in [-0.2, -0.15) is 0 Å². The number of ether oxygens (including phenoxy) is 3. The number of hydrogen-bond donors (Lipinski definition) is 1. The number of methoxy groups -OCH3 is 1. The van der Waals surface area contributed by atoms with E-state index in [1.165, 1.54) is 6.08 Å². The number of carboxylic acids is 1. The molecule has 0 spiro atoms. The summed E-state index contributed by atoms with van der Waals surface area (Å²) in [6.45, 7) is 3.45. The zero-order valence-corrected chi connectivity index (χ0v) is 11.1. The molecule has 0 aliphatic heterocycles. The maximum Gasteiger partial charge on any atom is 0.328 e. The molecule has 0 radical (unpaired) electrons. The maximum atomic E-state index is 10.6. The lowest BCUT2D eigenvalue weighted by molar-refractivity contribution is -0.131. The highest BCUT2D eigenvalue weighted by Crippen LogP contribution is 2.25. The van der Waals surface area contributed by atoms with Crippen molar-refractivity contribution in [3.8, 4) is 11.5 Å². The van der Waals surface area contributed by atoms with Gasteiger partial charge in [0.25, 0.3) is 0 Å². The molecule has 0 unspecified atom stereocenters. The van der Waals surface area contributed by atoms with E-state index in [9.17, 15) is 4.79 Å². The van der Waals surface area contributed by atoms with Crippen molar-refractivity contribution in [2.24, 2.45) is 0 Å². The molecular weight excluding hydrogens is 248 g/mol. The molecule has 1 rings (SSSR count). The van der Waals surface area contributed by atoms with Gasteiger partial charge in [-0.25, -0.2) is 4.79 Å². The standard InChI is InChI=1S/C14H18O5/c1-3-18-8-9-19-13-6-5-12(17-2)10-11(13)4-7-14(15)16/h4-7,10H,3,8-9H2,1-2H3,(H,15,16)/b7-4+. The lowest BCUT2D eigenvalue weighted by Crippen LogP contribution is -2.07. The van der Waals surface area contributed by atoms with Crippen molar-refractivity contribution in [1.29, 1.82) is 0 Å². The fourth-order valence-electron chi connectivity index (χ4n) is 1.43. The average Bonchev–Trinajstić information content (AvgIpc) is 2.42. The molecule has 1 N–H and O–H groups in total. The third-order valence-electron chi connectivity index (χ3n) is 2.31. The number of hydrogen-bond acceptors (Lipinski definition) is 4. The molecule has 5 heteroatoms. The summed E-state index contributed by atoms with van der Waals surface area (Å²) in [5.41, 5.74) is 0.651. The third-order valence-corrected chi connectivity index (χ3v) is 2.31.